The Morgan fingerprint density at radius 3 is 1.29 bits per heavy atom. The molecule has 0 aliphatic heterocycles. The summed E-state index contributed by atoms with van der Waals surface area (Å²) in [7, 11) is 0. The number of non-ortho nitro benzene ring substituents is 2. The molecular weight excluding hydrogens is 464 g/mol. The monoisotopic (exact) mass is 474 g/mol. The molecule has 2 aromatic rings. The van der Waals surface area contributed by atoms with Crippen LogP contribution in [-0.4, -0.2) is 43.9 Å². The number of carbonyl (C=O) groups is 2. The van der Waals surface area contributed by atoms with E-state index in [9.17, 15) is 50.0 Å². The minimum Gasteiger partial charge on any atom is -0.262 e. The summed E-state index contributed by atoms with van der Waals surface area (Å²) in [6, 6.07) is 5.31. The molecule has 0 bridgehead atoms. The summed E-state index contributed by atoms with van der Waals surface area (Å²) in [6.45, 7) is 0. The standard InChI is InChI=1S/C16H10N8O10/c25-15(19-17-7-9-1-3-11(21(27)28)5-13(9)23(31)32)16(26)20-18-8-10-2-4-12(22(29)30)6-14(10)24(33)34/h1-8H,(H,19,25)(H,20,26). The van der Waals surface area contributed by atoms with Crippen molar-refractivity contribution in [1.29, 1.82) is 0 Å². The first-order valence-corrected chi connectivity index (χ1v) is 8.53. The number of nitrogens with one attached hydrogen (secondary N) is 2. The first kappa shape index (κ1) is 24.6. The van der Waals surface area contributed by atoms with Crippen LogP contribution in [0.4, 0.5) is 22.7 Å². The second-order valence-corrected chi connectivity index (χ2v) is 5.91. The van der Waals surface area contributed by atoms with Gasteiger partial charge in [-0.2, -0.15) is 10.2 Å². The molecule has 0 aliphatic rings. The highest BCUT2D eigenvalue weighted by Crippen LogP contribution is 2.24. The van der Waals surface area contributed by atoms with Gasteiger partial charge in [-0.3, -0.25) is 50.0 Å². The molecule has 2 N–H and O–H groups in total. The second kappa shape index (κ2) is 10.6. The fraction of sp³-hybridized carbons (Fsp3) is 0. The predicted octanol–water partition coefficient (Wildman–Crippen LogP) is 0.920. The van der Waals surface area contributed by atoms with Crippen LogP contribution < -0.4 is 10.9 Å². The fourth-order valence-electron chi connectivity index (χ4n) is 2.25. The number of carbonyl (C=O) groups excluding carboxylic acids is 2. The van der Waals surface area contributed by atoms with Crippen LogP contribution in [0.3, 0.4) is 0 Å². The molecule has 18 heteroatoms. The maximum atomic E-state index is 11.7. The Morgan fingerprint density at radius 1 is 0.647 bits per heavy atom. The third-order valence-corrected chi connectivity index (χ3v) is 3.79. The average Bonchev–Trinajstić information content (AvgIpc) is 2.78. The van der Waals surface area contributed by atoms with Gasteiger partial charge in [-0.1, -0.05) is 0 Å². The van der Waals surface area contributed by atoms with Crippen molar-refractivity contribution in [3.63, 3.8) is 0 Å². The number of rotatable bonds is 8. The summed E-state index contributed by atoms with van der Waals surface area (Å²) in [5.41, 5.74) is 0.622. The van der Waals surface area contributed by atoms with Crippen molar-refractivity contribution >= 4 is 47.0 Å². The van der Waals surface area contributed by atoms with Crippen LogP contribution >= 0.6 is 0 Å². The maximum absolute atomic E-state index is 11.7. The Kier molecular flexibility index (Phi) is 7.64. The van der Waals surface area contributed by atoms with Crippen molar-refractivity contribution in [1.82, 2.24) is 10.9 Å². The lowest BCUT2D eigenvalue weighted by molar-refractivity contribution is -0.394. The fourth-order valence-corrected chi connectivity index (χ4v) is 2.25. The van der Waals surface area contributed by atoms with Crippen molar-refractivity contribution in [2.24, 2.45) is 10.2 Å². The number of nitro groups is 4. The lowest BCUT2D eigenvalue weighted by Crippen LogP contribution is -2.35. The third-order valence-electron chi connectivity index (χ3n) is 3.79. The van der Waals surface area contributed by atoms with Crippen LogP contribution in [0, 0.1) is 40.5 Å². The molecule has 2 rings (SSSR count). The Bertz CT molecular complexity index is 1170. The molecule has 0 atom stereocenters. The van der Waals surface area contributed by atoms with Crippen molar-refractivity contribution in [2.45, 2.75) is 0 Å². The molecule has 0 saturated heterocycles. The Balaban J connectivity index is 2.05. The lowest BCUT2D eigenvalue weighted by atomic mass is 10.2. The van der Waals surface area contributed by atoms with E-state index in [0.717, 1.165) is 36.7 Å². The number of nitrogens with zero attached hydrogens (tertiary/aromatic N) is 6. The number of amides is 2. The summed E-state index contributed by atoms with van der Waals surface area (Å²) < 4.78 is 0. The van der Waals surface area contributed by atoms with Crippen molar-refractivity contribution in [2.75, 3.05) is 0 Å². The van der Waals surface area contributed by atoms with Crippen LogP contribution in [0.2, 0.25) is 0 Å². The summed E-state index contributed by atoms with van der Waals surface area (Å²) in [5, 5.41) is 50.2. The molecule has 0 spiro atoms. The van der Waals surface area contributed by atoms with Gasteiger partial charge in [0.15, 0.2) is 0 Å². The van der Waals surface area contributed by atoms with Crippen molar-refractivity contribution < 1.29 is 29.3 Å². The van der Waals surface area contributed by atoms with Gasteiger partial charge in [0.25, 0.3) is 22.7 Å². The first-order chi connectivity index (χ1) is 16.0. The van der Waals surface area contributed by atoms with E-state index in [-0.39, 0.29) is 11.1 Å². The van der Waals surface area contributed by atoms with Crippen molar-refractivity contribution in [3.05, 3.63) is 88.0 Å². The summed E-state index contributed by atoms with van der Waals surface area (Å²) >= 11 is 0. The molecule has 0 aromatic heterocycles. The Labute approximate surface area is 186 Å². The molecule has 2 amide bonds. The van der Waals surface area contributed by atoms with E-state index in [1.165, 1.54) is 0 Å². The van der Waals surface area contributed by atoms with E-state index in [1.807, 2.05) is 0 Å². The highest BCUT2D eigenvalue weighted by Gasteiger charge is 2.20. The molecular formula is C16H10N8O10. The van der Waals surface area contributed by atoms with E-state index in [0.29, 0.717) is 12.1 Å². The quantitative estimate of drug-likeness (QED) is 0.236. The van der Waals surface area contributed by atoms with E-state index in [1.54, 1.807) is 10.9 Å². The zero-order valence-corrected chi connectivity index (χ0v) is 16.4. The van der Waals surface area contributed by atoms with Crippen LogP contribution in [0.25, 0.3) is 0 Å². The summed E-state index contributed by atoms with van der Waals surface area (Å²) in [4.78, 5) is 63.4. The predicted molar refractivity (Wildman–Crippen MR) is 111 cm³/mol. The van der Waals surface area contributed by atoms with Crippen LogP contribution in [0.5, 0.6) is 0 Å². The molecule has 0 saturated carbocycles. The van der Waals surface area contributed by atoms with Gasteiger partial charge in [0.05, 0.1) is 55.4 Å². The smallest absolute Gasteiger partial charge is 0.262 e. The van der Waals surface area contributed by atoms with Gasteiger partial charge in [0, 0.05) is 12.1 Å². The Morgan fingerprint density at radius 2 is 1.00 bits per heavy atom. The maximum Gasteiger partial charge on any atom is 0.331 e. The van der Waals surface area contributed by atoms with Gasteiger partial charge >= 0.3 is 11.8 Å². The van der Waals surface area contributed by atoms with Gasteiger partial charge in [-0.25, -0.2) is 10.9 Å². The van der Waals surface area contributed by atoms with E-state index >= 15 is 0 Å². The number of benzene rings is 2. The highest BCUT2D eigenvalue weighted by atomic mass is 16.6. The normalized spacial score (nSPS) is 10.7. The number of hydrogen-bond acceptors (Lipinski definition) is 12. The lowest BCUT2D eigenvalue weighted by Gasteiger charge is -2.00. The molecule has 0 radical (unpaired) electrons. The van der Waals surface area contributed by atoms with Crippen LogP contribution in [0.15, 0.2) is 46.6 Å². The molecule has 0 aliphatic carbocycles. The van der Waals surface area contributed by atoms with Gasteiger partial charge < -0.3 is 0 Å². The van der Waals surface area contributed by atoms with Crippen molar-refractivity contribution in [3.8, 4) is 0 Å². The molecule has 34 heavy (non-hydrogen) atoms. The molecule has 0 fully saturated rings. The van der Waals surface area contributed by atoms with E-state index < -0.39 is 54.3 Å². The molecule has 2 aromatic carbocycles. The third kappa shape index (κ3) is 6.16. The molecule has 0 heterocycles. The van der Waals surface area contributed by atoms with Gasteiger partial charge in [0.2, 0.25) is 0 Å². The summed E-state index contributed by atoms with van der Waals surface area (Å²) in [5.74, 6) is -2.76. The molecule has 0 unspecified atom stereocenters. The van der Waals surface area contributed by atoms with Crippen LogP contribution in [0.1, 0.15) is 11.1 Å². The minimum absolute atomic E-state index is 0.209. The van der Waals surface area contributed by atoms with Gasteiger partial charge in [-0.05, 0) is 12.1 Å². The average molecular weight is 474 g/mol. The zero-order chi connectivity index (χ0) is 25.4. The summed E-state index contributed by atoms with van der Waals surface area (Å²) in [6.07, 6.45) is 1.55. The van der Waals surface area contributed by atoms with E-state index in [2.05, 4.69) is 10.2 Å². The second-order valence-electron chi connectivity index (χ2n) is 5.91. The first-order valence-electron chi connectivity index (χ1n) is 8.53. The number of hydrogen-bond donors (Lipinski definition) is 2. The Hall–Kier alpha value is -5.68. The largest absolute Gasteiger partial charge is 0.331 e. The van der Waals surface area contributed by atoms with Gasteiger partial charge in [0.1, 0.15) is 0 Å². The SMILES string of the molecule is O=C(NN=Cc1ccc([N+](=O)[O-])cc1[N+](=O)[O-])C(=O)NN=Cc1ccc([N+](=O)[O-])cc1[N+](=O)[O-]. The number of hydrazone groups is 2. The van der Waals surface area contributed by atoms with Crippen LogP contribution in [-0.2, 0) is 9.59 Å². The number of nitro benzene ring substituents is 4. The molecule has 18 nitrogen and oxygen atoms in total. The molecule has 174 valence electrons. The topological polar surface area (TPSA) is 255 Å². The van der Waals surface area contributed by atoms with Gasteiger partial charge in [-0.15, -0.1) is 0 Å². The minimum atomic E-state index is -1.38. The zero-order valence-electron chi connectivity index (χ0n) is 16.4. The van der Waals surface area contributed by atoms with E-state index in [4.69, 9.17) is 0 Å². The highest BCUT2D eigenvalue weighted by molar-refractivity contribution is 6.35.